The Bertz CT molecular complexity index is 697. The Kier molecular flexibility index (Phi) is 3.73. The molecule has 0 aromatic heterocycles. The van der Waals surface area contributed by atoms with Crippen LogP contribution < -0.4 is 0 Å². The first-order chi connectivity index (χ1) is 9.55. The van der Waals surface area contributed by atoms with Crippen LogP contribution in [-0.2, 0) is 20.9 Å². The normalized spacial score (nSPS) is 20.9. The van der Waals surface area contributed by atoms with E-state index in [2.05, 4.69) is 0 Å². The predicted molar refractivity (Wildman–Crippen MR) is 64.9 cm³/mol. The fourth-order valence-corrected chi connectivity index (χ4v) is 3.68. The quantitative estimate of drug-likeness (QED) is 0.837. The largest absolute Gasteiger partial charge is 0.483 e. The van der Waals surface area contributed by atoms with E-state index in [-0.39, 0.29) is 24.0 Å². The average molecular weight is 325 g/mol. The van der Waals surface area contributed by atoms with Crippen LogP contribution in [0.4, 0.5) is 17.6 Å². The summed E-state index contributed by atoms with van der Waals surface area (Å²) in [7, 11) is -5.15. The van der Waals surface area contributed by atoms with Gasteiger partial charge in [0.1, 0.15) is 5.82 Å². The molecule has 0 radical (unpaired) electrons. The number of fused-ring (bicyclic) bond motifs is 1. The third-order valence-electron chi connectivity index (χ3n) is 3.47. The summed E-state index contributed by atoms with van der Waals surface area (Å²) >= 11 is 0. The van der Waals surface area contributed by atoms with Gasteiger partial charge < -0.3 is 5.11 Å². The van der Waals surface area contributed by atoms with Crippen molar-refractivity contribution in [2.45, 2.75) is 35.6 Å². The van der Waals surface area contributed by atoms with Crippen molar-refractivity contribution in [3.63, 3.8) is 0 Å². The smallest absolute Gasteiger partial charge is 0.481 e. The number of halogens is 4. The van der Waals surface area contributed by atoms with Crippen molar-refractivity contribution >= 4 is 15.7 Å². The highest BCUT2D eigenvalue weighted by atomic mass is 32.2. The van der Waals surface area contributed by atoms with E-state index in [4.69, 9.17) is 9.89 Å². The Morgan fingerprint density at radius 1 is 1.43 bits per heavy atom. The van der Waals surface area contributed by atoms with Crippen molar-refractivity contribution in [1.29, 1.82) is 4.78 Å². The van der Waals surface area contributed by atoms with Gasteiger partial charge in [-0.1, -0.05) is 0 Å². The van der Waals surface area contributed by atoms with Gasteiger partial charge in [-0.3, -0.25) is 4.79 Å². The summed E-state index contributed by atoms with van der Waals surface area (Å²) in [6.07, 6.45) is -0.264. The number of carbonyl (C=O) groups is 1. The lowest BCUT2D eigenvalue weighted by Crippen LogP contribution is -2.24. The van der Waals surface area contributed by atoms with Gasteiger partial charge in [-0.05, 0) is 42.0 Å². The Balaban J connectivity index is 2.66. The highest BCUT2D eigenvalue weighted by Crippen LogP contribution is 2.44. The number of carboxylic acids is 1. The third-order valence-corrected chi connectivity index (χ3v) is 5.09. The van der Waals surface area contributed by atoms with Crippen LogP contribution in [0.2, 0.25) is 0 Å². The van der Waals surface area contributed by atoms with Gasteiger partial charge in [0.25, 0.3) is 0 Å². The van der Waals surface area contributed by atoms with E-state index in [0.29, 0.717) is 6.07 Å². The van der Waals surface area contributed by atoms with E-state index in [9.17, 15) is 26.6 Å². The van der Waals surface area contributed by atoms with Crippen LogP contribution in [0.25, 0.3) is 0 Å². The molecule has 1 aromatic carbocycles. The van der Waals surface area contributed by atoms with Crippen molar-refractivity contribution in [2.75, 3.05) is 0 Å². The highest BCUT2D eigenvalue weighted by Gasteiger charge is 2.46. The van der Waals surface area contributed by atoms with Gasteiger partial charge in [-0.25, -0.2) is 13.4 Å². The predicted octanol–water partition coefficient (Wildman–Crippen LogP) is 3.26. The van der Waals surface area contributed by atoms with Crippen LogP contribution in [0.1, 0.15) is 29.9 Å². The van der Waals surface area contributed by atoms with Crippen LogP contribution in [0.3, 0.4) is 0 Å². The average Bonchev–Trinajstić information content (AvgIpc) is 2.72. The second-order valence-corrected chi connectivity index (χ2v) is 6.79. The molecule has 0 amide bonds. The number of alkyl halides is 3. The zero-order chi connectivity index (χ0) is 16.0. The lowest BCUT2D eigenvalue weighted by atomic mass is 9.98. The molecule has 1 aliphatic carbocycles. The third kappa shape index (κ3) is 2.61. The number of nitrogens with one attached hydrogen (secondary N) is 1. The van der Waals surface area contributed by atoms with Crippen LogP contribution in [0.5, 0.6) is 0 Å². The van der Waals surface area contributed by atoms with E-state index in [0.717, 1.165) is 6.07 Å². The van der Waals surface area contributed by atoms with E-state index in [1.54, 1.807) is 0 Å². The molecule has 1 aromatic rings. The van der Waals surface area contributed by atoms with Gasteiger partial charge in [0.15, 0.2) is 9.73 Å². The summed E-state index contributed by atoms with van der Waals surface area (Å²) in [5.74, 6) is -2.87. The molecule has 0 bridgehead atoms. The van der Waals surface area contributed by atoms with Crippen molar-refractivity contribution in [2.24, 2.45) is 0 Å². The fourth-order valence-electron chi connectivity index (χ4n) is 2.57. The number of benzene rings is 1. The van der Waals surface area contributed by atoms with E-state index >= 15 is 0 Å². The first-order valence-corrected chi connectivity index (χ1v) is 7.49. The number of rotatable bonds is 3. The maximum Gasteiger partial charge on any atom is 0.483 e. The number of hydrogen-bond donors (Lipinski definition) is 2. The Hall–Kier alpha value is -1.64. The first-order valence-electron chi connectivity index (χ1n) is 5.94. The molecule has 2 N–H and O–H groups in total. The first kappa shape index (κ1) is 15.7. The molecule has 0 spiro atoms. The molecule has 1 aliphatic rings. The minimum Gasteiger partial charge on any atom is -0.481 e. The van der Waals surface area contributed by atoms with Crippen molar-refractivity contribution in [1.82, 2.24) is 0 Å². The number of hydrogen-bond acceptors (Lipinski definition) is 3. The van der Waals surface area contributed by atoms with Gasteiger partial charge in [0.05, 0.1) is 11.3 Å². The summed E-state index contributed by atoms with van der Waals surface area (Å²) in [6.45, 7) is 0. The molecule has 0 saturated heterocycles. The zero-order valence-corrected chi connectivity index (χ0v) is 11.4. The minimum atomic E-state index is -5.30. The van der Waals surface area contributed by atoms with Crippen molar-refractivity contribution in [3.8, 4) is 0 Å². The standard InChI is InChI=1S/C12H11F4NO3S/c13-8-3-4-9(21(17,20)12(14,15)16)11-6(5-10(18)19)1-2-7(8)11/h3-4,6,17H,1-2,5H2,(H,18,19). The second kappa shape index (κ2) is 4.97. The van der Waals surface area contributed by atoms with Crippen LogP contribution in [0, 0.1) is 10.6 Å². The van der Waals surface area contributed by atoms with Gasteiger partial charge in [-0.15, -0.1) is 0 Å². The number of aliphatic carboxylic acids is 1. The fraction of sp³-hybridized carbons (Fsp3) is 0.417. The maximum absolute atomic E-state index is 13.7. The van der Waals surface area contributed by atoms with Gasteiger partial charge in [-0.2, -0.15) is 13.2 Å². The van der Waals surface area contributed by atoms with Crippen LogP contribution in [-0.4, -0.2) is 20.8 Å². The molecule has 116 valence electrons. The van der Waals surface area contributed by atoms with E-state index in [1.807, 2.05) is 0 Å². The topological polar surface area (TPSA) is 78.2 Å². The lowest BCUT2D eigenvalue weighted by Gasteiger charge is -2.18. The highest BCUT2D eigenvalue weighted by molar-refractivity contribution is 7.93. The van der Waals surface area contributed by atoms with Crippen molar-refractivity contribution < 1.29 is 31.7 Å². The molecular weight excluding hydrogens is 314 g/mol. The van der Waals surface area contributed by atoms with E-state index < -0.39 is 44.3 Å². The summed E-state index contributed by atoms with van der Waals surface area (Å²) in [5.41, 5.74) is -5.59. The maximum atomic E-state index is 13.7. The molecule has 0 saturated carbocycles. The number of carboxylic acid groups (broad SMARTS) is 1. The van der Waals surface area contributed by atoms with Crippen molar-refractivity contribution in [3.05, 3.63) is 29.1 Å². The SMILES string of the molecule is N=S(=O)(c1ccc(F)c2c1C(CC(=O)O)CC2)C(F)(F)F. The molecule has 4 nitrogen and oxygen atoms in total. The molecule has 2 unspecified atom stereocenters. The van der Waals surface area contributed by atoms with Crippen LogP contribution in [0.15, 0.2) is 17.0 Å². The van der Waals surface area contributed by atoms with Gasteiger partial charge in [0.2, 0.25) is 0 Å². The summed E-state index contributed by atoms with van der Waals surface area (Å²) in [5, 5.41) is 8.79. The Morgan fingerprint density at radius 3 is 2.57 bits per heavy atom. The summed E-state index contributed by atoms with van der Waals surface area (Å²) in [6, 6.07) is 1.43. The lowest BCUT2D eigenvalue weighted by molar-refractivity contribution is -0.137. The molecule has 21 heavy (non-hydrogen) atoms. The minimum absolute atomic E-state index is 0.0667. The second-order valence-electron chi connectivity index (χ2n) is 4.77. The summed E-state index contributed by atoms with van der Waals surface area (Å²) in [4.78, 5) is 9.95. The Labute approximate surface area is 117 Å². The Morgan fingerprint density at radius 2 is 2.05 bits per heavy atom. The molecule has 2 atom stereocenters. The zero-order valence-electron chi connectivity index (χ0n) is 10.5. The molecule has 0 fully saturated rings. The molecule has 0 aliphatic heterocycles. The van der Waals surface area contributed by atoms with Crippen LogP contribution >= 0.6 is 0 Å². The van der Waals surface area contributed by atoms with Gasteiger partial charge in [0, 0.05) is 0 Å². The molecule has 0 heterocycles. The van der Waals surface area contributed by atoms with Gasteiger partial charge >= 0.3 is 11.5 Å². The molecule has 2 rings (SSSR count). The molecule has 9 heteroatoms. The molecular formula is C12H11F4NO3S. The van der Waals surface area contributed by atoms with E-state index in [1.165, 1.54) is 0 Å². The monoisotopic (exact) mass is 325 g/mol. The summed E-state index contributed by atoms with van der Waals surface area (Å²) < 4.78 is 71.0.